The zero-order valence-electron chi connectivity index (χ0n) is 10.2. The molecule has 88 valence electrons. The maximum atomic E-state index is 11.5. The highest BCUT2D eigenvalue weighted by Crippen LogP contribution is 2.19. The van der Waals surface area contributed by atoms with Crippen molar-refractivity contribution in [3.63, 3.8) is 0 Å². The standard InChI is InChI=1S/C12H19N3O/c1-9(2)14-6-11(7-14)8-15-12(16)5-4-10(3)13-15/h4-5,9,11H,6-8H2,1-3H3. The quantitative estimate of drug-likeness (QED) is 0.761. The van der Waals surface area contributed by atoms with Gasteiger partial charge in [-0.2, -0.15) is 5.10 Å². The predicted octanol–water partition coefficient (Wildman–Crippen LogP) is 0.892. The predicted molar refractivity (Wildman–Crippen MR) is 63.4 cm³/mol. The molecule has 0 spiro atoms. The second kappa shape index (κ2) is 4.37. The van der Waals surface area contributed by atoms with Gasteiger partial charge in [0.2, 0.25) is 0 Å². The summed E-state index contributed by atoms with van der Waals surface area (Å²) in [6, 6.07) is 3.97. The molecular formula is C12H19N3O. The van der Waals surface area contributed by atoms with Crippen molar-refractivity contribution < 1.29 is 0 Å². The first kappa shape index (κ1) is 11.3. The average molecular weight is 221 g/mol. The molecule has 1 aliphatic heterocycles. The number of nitrogens with zero attached hydrogens (tertiary/aromatic N) is 3. The minimum atomic E-state index is 0.00796. The van der Waals surface area contributed by atoms with Gasteiger partial charge in [-0.05, 0) is 26.8 Å². The summed E-state index contributed by atoms with van der Waals surface area (Å²) in [5.41, 5.74) is 0.910. The lowest BCUT2D eigenvalue weighted by atomic mass is 9.98. The van der Waals surface area contributed by atoms with Crippen LogP contribution in [0.15, 0.2) is 16.9 Å². The van der Waals surface area contributed by atoms with Gasteiger partial charge in [-0.1, -0.05) is 0 Å². The van der Waals surface area contributed by atoms with Crippen molar-refractivity contribution >= 4 is 0 Å². The minimum absolute atomic E-state index is 0.00796. The van der Waals surface area contributed by atoms with Gasteiger partial charge in [0.05, 0.1) is 12.2 Å². The van der Waals surface area contributed by atoms with E-state index in [0.717, 1.165) is 25.3 Å². The molecule has 1 saturated heterocycles. The van der Waals surface area contributed by atoms with Gasteiger partial charge >= 0.3 is 0 Å². The fraction of sp³-hybridized carbons (Fsp3) is 0.667. The maximum absolute atomic E-state index is 11.5. The molecule has 4 nitrogen and oxygen atoms in total. The van der Waals surface area contributed by atoms with Gasteiger partial charge in [-0.25, -0.2) is 4.68 Å². The Bertz CT molecular complexity index is 419. The number of hydrogen-bond donors (Lipinski definition) is 0. The van der Waals surface area contributed by atoms with E-state index < -0.39 is 0 Å². The van der Waals surface area contributed by atoms with E-state index in [9.17, 15) is 4.79 Å². The van der Waals surface area contributed by atoms with Gasteiger partial charge in [-0.15, -0.1) is 0 Å². The molecule has 4 heteroatoms. The monoisotopic (exact) mass is 221 g/mol. The van der Waals surface area contributed by atoms with E-state index in [1.807, 2.05) is 6.92 Å². The van der Waals surface area contributed by atoms with Gasteiger partial charge in [0.15, 0.2) is 0 Å². The fourth-order valence-electron chi connectivity index (χ4n) is 2.07. The lowest BCUT2D eigenvalue weighted by molar-refractivity contribution is 0.0544. The molecule has 1 aliphatic rings. The summed E-state index contributed by atoms with van der Waals surface area (Å²) < 4.78 is 1.59. The van der Waals surface area contributed by atoms with Crippen molar-refractivity contribution in [3.8, 4) is 0 Å². The van der Waals surface area contributed by atoms with E-state index in [4.69, 9.17) is 0 Å². The summed E-state index contributed by atoms with van der Waals surface area (Å²) in [4.78, 5) is 14.0. The van der Waals surface area contributed by atoms with E-state index in [1.165, 1.54) is 0 Å². The third kappa shape index (κ3) is 2.32. The third-order valence-corrected chi connectivity index (χ3v) is 3.15. The second-order valence-electron chi connectivity index (χ2n) is 4.91. The molecule has 1 aromatic heterocycles. The Hall–Kier alpha value is -1.16. The molecule has 1 fully saturated rings. The van der Waals surface area contributed by atoms with Crippen LogP contribution < -0.4 is 5.56 Å². The number of rotatable bonds is 3. The molecule has 16 heavy (non-hydrogen) atoms. The largest absolute Gasteiger partial charge is 0.300 e. The molecular weight excluding hydrogens is 202 g/mol. The van der Waals surface area contributed by atoms with Gasteiger partial charge in [0.1, 0.15) is 0 Å². The molecule has 1 aromatic rings. The van der Waals surface area contributed by atoms with Gasteiger partial charge < -0.3 is 4.90 Å². The molecule has 0 bridgehead atoms. The molecule has 0 radical (unpaired) electrons. The Morgan fingerprint density at radius 3 is 2.75 bits per heavy atom. The summed E-state index contributed by atoms with van der Waals surface area (Å²) in [7, 11) is 0. The molecule has 2 heterocycles. The van der Waals surface area contributed by atoms with E-state index >= 15 is 0 Å². The first-order valence-electron chi connectivity index (χ1n) is 5.85. The van der Waals surface area contributed by atoms with E-state index in [-0.39, 0.29) is 5.56 Å². The van der Waals surface area contributed by atoms with Crippen LogP contribution in [0.1, 0.15) is 19.5 Å². The highest BCUT2D eigenvalue weighted by molar-refractivity contribution is 4.97. The van der Waals surface area contributed by atoms with Crippen LogP contribution in [0.4, 0.5) is 0 Å². The topological polar surface area (TPSA) is 38.1 Å². The summed E-state index contributed by atoms with van der Waals surface area (Å²) in [6.07, 6.45) is 0. The van der Waals surface area contributed by atoms with Crippen LogP contribution in [0.25, 0.3) is 0 Å². The number of hydrogen-bond acceptors (Lipinski definition) is 3. The maximum Gasteiger partial charge on any atom is 0.266 e. The van der Waals surface area contributed by atoms with Crippen LogP contribution in [0.5, 0.6) is 0 Å². The van der Waals surface area contributed by atoms with Crippen molar-refractivity contribution in [2.75, 3.05) is 13.1 Å². The summed E-state index contributed by atoms with van der Waals surface area (Å²) in [5, 5.41) is 4.25. The Kier molecular flexibility index (Phi) is 3.10. The number of aromatic nitrogens is 2. The number of likely N-dealkylation sites (tertiary alicyclic amines) is 1. The molecule has 0 aromatic carbocycles. The molecule has 0 saturated carbocycles. The van der Waals surface area contributed by atoms with Crippen LogP contribution in [0, 0.1) is 12.8 Å². The van der Waals surface area contributed by atoms with E-state index in [0.29, 0.717) is 12.0 Å². The zero-order chi connectivity index (χ0) is 11.7. The first-order chi connectivity index (χ1) is 7.56. The fourth-order valence-corrected chi connectivity index (χ4v) is 2.07. The van der Waals surface area contributed by atoms with Crippen LogP contribution in [0.3, 0.4) is 0 Å². The van der Waals surface area contributed by atoms with Crippen LogP contribution in [-0.2, 0) is 6.54 Å². The average Bonchev–Trinajstić information content (AvgIpc) is 2.15. The molecule has 0 unspecified atom stereocenters. The van der Waals surface area contributed by atoms with Crippen LogP contribution >= 0.6 is 0 Å². The van der Waals surface area contributed by atoms with Crippen molar-refractivity contribution in [1.82, 2.24) is 14.7 Å². The Morgan fingerprint density at radius 1 is 1.44 bits per heavy atom. The normalized spacial score (nSPS) is 17.8. The zero-order valence-corrected chi connectivity index (χ0v) is 10.2. The Labute approximate surface area is 95.9 Å². The lowest BCUT2D eigenvalue weighted by Gasteiger charge is -2.42. The first-order valence-corrected chi connectivity index (χ1v) is 5.85. The lowest BCUT2D eigenvalue weighted by Crippen LogP contribution is -2.52. The molecule has 0 N–H and O–H groups in total. The molecule has 0 aliphatic carbocycles. The van der Waals surface area contributed by atoms with Gasteiger partial charge in [0, 0.05) is 31.1 Å². The molecule has 2 rings (SSSR count). The molecule has 0 amide bonds. The van der Waals surface area contributed by atoms with Crippen molar-refractivity contribution in [3.05, 3.63) is 28.2 Å². The van der Waals surface area contributed by atoms with E-state index in [2.05, 4.69) is 23.8 Å². The SMILES string of the molecule is Cc1ccc(=O)n(CC2CN(C(C)C)C2)n1. The van der Waals surface area contributed by atoms with Gasteiger partial charge in [0.25, 0.3) is 5.56 Å². The highest BCUT2D eigenvalue weighted by Gasteiger charge is 2.28. The van der Waals surface area contributed by atoms with Gasteiger partial charge in [-0.3, -0.25) is 4.79 Å². The Balaban J connectivity index is 1.96. The third-order valence-electron chi connectivity index (χ3n) is 3.15. The van der Waals surface area contributed by atoms with Crippen LogP contribution in [-0.4, -0.2) is 33.8 Å². The Morgan fingerprint density at radius 2 is 2.12 bits per heavy atom. The van der Waals surface area contributed by atoms with Crippen molar-refractivity contribution in [2.24, 2.45) is 5.92 Å². The summed E-state index contributed by atoms with van der Waals surface area (Å²) in [5.74, 6) is 0.578. The highest BCUT2D eigenvalue weighted by atomic mass is 16.1. The minimum Gasteiger partial charge on any atom is -0.300 e. The van der Waals surface area contributed by atoms with Crippen LogP contribution in [0.2, 0.25) is 0 Å². The van der Waals surface area contributed by atoms with E-state index in [1.54, 1.807) is 16.8 Å². The molecule has 0 atom stereocenters. The summed E-state index contributed by atoms with van der Waals surface area (Å²) >= 11 is 0. The van der Waals surface area contributed by atoms with Crippen molar-refractivity contribution in [2.45, 2.75) is 33.4 Å². The smallest absolute Gasteiger partial charge is 0.266 e. The second-order valence-corrected chi connectivity index (χ2v) is 4.91. The number of aryl methyl sites for hydroxylation is 1. The van der Waals surface area contributed by atoms with Crippen molar-refractivity contribution in [1.29, 1.82) is 0 Å². The summed E-state index contributed by atoms with van der Waals surface area (Å²) in [6.45, 7) is 9.24.